The van der Waals surface area contributed by atoms with Gasteiger partial charge in [0.1, 0.15) is 4.75 Å². The van der Waals surface area contributed by atoms with E-state index in [2.05, 4.69) is 16.8 Å². The number of rotatable bonds is 14. The largest absolute Gasteiger partial charge is 0.480 e. The monoisotopic (exact) mass is 465 g/mol. The molecule has 0 atom stereocenters. The Morgan fingerprint density at radius 1 is 1.19 bits per heavy atom. The summed E-state index contributed by atoms with van der Waals surface area (Å²) in [5.41, 5.74) is 2.00. The van der Waals surface area contributed by atoms with Gasteiger partial charge in [-0.25, -0.2) is 4.98 Å². The summed E-state index contributed by atoms with van der Waals surface area (Å²) in [5, 5.41) is 22.2. The molecule has 0 amide bonds. The zero-order valence-electron chi connectivity index (χ0n) is 18.4. The maximum Gasteiger partial charge on any atom is 0.319 e. The highest BCUT2D eigenvalue weighted by Crippen LogP contribution is 2.34. The van der Waals surface area contributed by atoms with E-state index in [-0.39, 0.29) is 10.6 Å². The van der Waals surface area contributed by atoms with Gasteiger partial charge < -0.3 is 10.0 Å². The van der Waals surface area contributed by atoms with Crippen LogP contribution >= 0.6 is 23.1 Å². The van der Waals surface area contributed by atoms with Gasteiger partial charge in [-0.1, -0.05) is 44.4 Å². The number of nitrogens with zero attached hydrogens (tertiary/aromatic N) is 3. The van der Waals surface area contributed by atoms with Crippen LogP contribution in [0.4, 0.5) is 11.4 Å². The van der Waals surface area contributed by atoms with Crippen LogP contribution in [0, 0.1) is 10.1 Å². The van der Waals surface area contributed by atoms with Gasteiger partial charge in [-0.05, 0) is 32.4 Å². The molecule has 0 aliphatic heterocycles. The summed E-state index contributed by atoms with van der Waals surface area (Å²) in [6.07, 6.45) is 6.63. The first-order chi connectivity index (χ1) is 14.7. The van der Waals surface area contributed by atoms with Crippen LogP contribution in [0.25, 0.3) is 0 Å². The van der Waals surface area contributed by atoms with E-state index >= 15 is 0 Å². The van der Waals surface area contributed by atoms with Crippen molar-refractivity contribution in [3.63, 3.8) is 0 Å². The van der Waals surface area contributed by atoms with Gasteiger partial charge in [0, 0.05) is 42.7 Å². The highest BCUT2D eigenvalue weighted by Gasteiger charge is 2.29. The second-order valence-electron chi connectivity index (χ2n) is 7.95. The number of carboxylic acids is 1. The number of carbonyl (C=O) groups is 1. The van der Waals surface area contributed by atoms with Crippen LogP contribution < -0.4 is 4.90 Å². The highest BCUT2D eigenvalue weighted by atomic mass is 32.2. The van der Waals surface area contributed by atoms with E-state index < -0.39 is 10.7 Å². The summed E-state index contributed by atoms with van der Waals surface area (Å²) in [4.78, 5) is 28.8. The number of hydrogen-bond donors (Lipinski definition) is 1. The molecule has 0 saturated carbocycles. The van der Waals surface area contributed by atoms with Crippen molar-refractivity contribution in [2.24, 2.45) is 0 Å². The predicted molar refractivity (Wildman–Crippen MR) is 127 cm³/mol. The standard InChI is InChI=1S/C22H31N3O4S2/c1-4-5-6-7-8-14-24(18-9-11-19(12-10-18)25(28)29)15-13-17-16-30-21(23-17)31-22(2,3)20(26)27/h9-12,16H,4-8,13-15H2,1-3H3,(H,26,27). The molecule has 0 radical (unpaired) electrons. The van der Waals surface area contributed by atoms with Gasteiger partial charge in [0.05, 0.1) is 10.6 Å². The van der Waals surface area contributed by atoms with Crippen LogP contribution in [-0.2, 0) is 11.2 Å². The zero-order valence-corrected chi connectivity index (χ0v) is 20.0. The Labute approximate surface area is 192 Å². The number of aliphatic carboxylic acids is 1. The number of aromatic nitrogens is 1. The summed E-state index contributed by atoms with van der Waals surface area (Å²) in [7, 11) is 0. The minimum Gasteiger partial charge on any atom is -0.480 e. The molecule has 1 aromatic carbocycles. The predicted octanol–water partition coefficient (Wildman–Crippen LogP) is 6.03. The Kier molecular flexibility index (Phi) is 9.77. The Hall–Kier alpha value is -2.13. The number of non-ortho nitro benzene ring substituents is 1. The molecule has 0 aliphatic carbocycles. The summed E-state index contributed by atoms with van der Waals surface area (Å²) in [6.45, 7) is 7.19. The molecule has 0 saturated heterocycles. The number of hydrogen-bond acceptors (Lipinski definition) is 7. The Morgan fingerprint density at radius 2 is 1.87 bits per heavy atom. The number of carboxylic acid groups (broad SMARTS) is 1. The van der Waals surface area contributed by atoms with Crippen molar-refractivity contribution in [1.82, 2.24) is 4.98 Å². The fourth-order valence-corrected chi connectivity index (χ4v) is 5.25. The quantitative estimate of drug-likeness (QED) is 0.157. The van der Waals surface area contributed by atoms with E-state index in [0.29, 0.717) is 0 Å². The van der Waals surface area contributed by atoms with Gasteiger partial charge in [-0.3, -0.25) is 14.9 Å². The molecule has 0 spiro atoms. The molecule has 0 aliphatic rings. The van der Waals surface area contributed by atoms with Gasteiger partial charge in [-0.15, -0.1) is 11.3 Å². The van der Waals surface area contributed by atoms with E-state index in [1.165, 1.54) is 48.8 Å². The average molecular weight is 466 g/mol. The van der Waals surface area contributed by atoms with Crippen molar-refractivity contribution in [2.45, 2.75) is 68.4 Å². The van der Waals surface area contributed by atoms with Gasteiger partial charge in [0.2, 0.25) is 0 Å². The van der Waals surface area contributed by atoms with Crippen molar-refractivity contribution >= 4 is 40.4 Å². The normalized spacial score (nSPS) is 11.5. The molecule has 2 rings (SSSR count). The SMILES string of the molecule is CCCCCCCN(CCc1csc(SC(C)(C)C(=O)O)n1)c1ccc([N+](=O)[O-])cc1. The smallest absolute Gasteiger partial charge is 0.319 e. The lowest BCUT2D eigenvalue weighted by Crippen LogP contribution is -2.27. The maximum atomic E-state index is 11.3. The van der Waals surface area contributed by atoms with Crippen LogP contribution in [0.1, 0.15) is 58.6 Å². The van der Waals surface area contributed by atoms with Gasteiger partial charge in [0.15, 0.2) is 4.34 Å². The number of unbranched alkanes of at least 4 members (excludes halogenated alkanes) is 4. The number of nitro benzene ring substituents is 1. The van der Waals surface area contributed by atoms with E-state index in [1.807, 2.05) is 17.5 Å². The number of benzene rings is 1. The molecule has 1 aromatic heterocycles. The molecule has 7 nitrogen and oxygen atoms in total. The lowest BCUT2D eigenvalue weighted by atomic mass is 10.1. The minimum atomic E-state index is -0.918. The Bertz CT molecular complexity index is 853. The summed E-state index contributed by atoms with van der Waals surface area (Å²) >= 11 is 2.73. The second kappa shape index (κ2) is 12.0. The number of anilines is 1. The van der Waals surface area contributed by atoms with E-state index in [4.69, 9.17) is 0 Å². The molecule has 31 heavy (non-hydrogen) atoms. The summed E-state index contributed by atoms with van der Waals surface area (Å²) in [5.74, 6) is -0.860. The van der Waals surface area contributed by atoms with E-state index in [0.717, 1.165) is 41.7 Å². The lowest BCUT2D eigenvalue weighted by molar-refractivity contribution is -0.384. The van der Waals surface area contributed by atoms with Crippen molar-refractivity contribution in [3.8, 4) is 0 Å². The Morgan fingerprint density at radius 3 is 2.48 bits per heavy atom. The van der Waals surface area contributed by atoms with Crippen LogP contribution in [0.15, 0.2) is 34.0 Å². The fourth-order valence-electron chi connectivity index (χ4n) is 3.02. The molecule has 0 unspecified atom stereocenters. The van der Waals surface area contributed by atoms with Gasteiger partial charge >= 0.3 is 5.97 Å². The van der Waals surface area contributed by atoms with Crippen molar-refractivity contribution < 1.29 is 14.8 Å². The summed E-state index contributed by atoms with van der Waals surface area (Å²) < 4.78 is -0.165. The van der Waals surface area contributed by atoms with Crippen molar-refractivity contribution in [1.29, 1.82) is 0 Å². The molecule has 170 valence electrons. The van der Waals surface area contributed by atoms with E-state index in [1.54, 1.807) is 26.0 Å². The van der Waals surface area contributed by atoms with Crippen molar-refractivity contribution in [3.05, 3.63) is 45.5 Å². The summed E-state index contributed by atoms with van der Waals surface area (Å²) in [6, 6.07) is 6.71. The molecule has 0 bridgehead atoms. The topological polar surface area (TPSA) is 96.6 Å². The first kappa shape index (κ1) is 25.1. The highest BCUT2D eigenvalue weighted by molar-refractivity contribution is 8.02. The van der Waals surface area contributed by atoms with Crippen LogP contribution in [0.5, 0.6) is 0 Å². The molecule has 1 heterocycles. The molecule has 9 heteroatoms. The van der Waals surface area contributed by atoms with Crippen molar-refractivity contribution in [2.75, 3.05) is 18.0 Å². The zero-order chi connectivity index (χ0) is 22.9. The molecule has 0 fully saturated rings. The van der Waals surface area contributed by atoms with Crippen LogP contribution in [0.2, 0.25) is 0 Å². The molecule has 1 N–H and O–H groups in total. The molecular formula is C22H31N3O4S2. The number of nitro groups is 1. The van der Waals surface area contributed by atoms with Crippen LogP contribution in [-0.4, -0.2) is 38.8 Å². The third-order valence-corrected chi connectivity index (χ3v) is 7.16. The maximum absolute atomic E-state index is 11.3. The Balaban J connectivity index is 2.01. The van der Waals surface area contributed by atoms with Gasteiger partial charge in [-0.2, -0.15) is 0 Å². The van der Waals surface area contributed by atoms with Crippen LogP contribution in [0.3, 0.4) is 0 Å². The number of thiazole rings is 1. The lowest BCUT2D eigenvalue weighted by Gasteiger charge is -2.24. The third kappa shape index (κ3) is 8.14. The first-order valence-corrected chi connectivity index (χ1v) is 12.3. The average Bonchev–Trinajstić information content (AvgIpc) is 3.16. The minimum absolute atomic E-state index is 0.0915. The third-order valence-electron chi connectivity index (χ3n) is 4.98. The number of thioether (sulfide) groups is 1. The second-order valence-corrected chi connectivity index (χ2v) is 10.7. The van der Waals surface area contributed by atoms with Gasteiger partial charge in [0.25, 0.3) is 5.69 Å². The molecule has 2 aromatic rings. The fraction of sp³-hybridized carbons (Fsp3) is 0.545. The van der Waals surface area contributed by atoms with E-state index in [9.17, 15) is 20.0 Å². The molecular weight excluding hydrogens is 434 g/mol. The first-order valence-electron chi connectivity index (χ1n) is 10.6.